The van der Waals surface area contributed by atoms with E-state index in [0.29, 0.717) is 21.9 Å². The van der Waals surface area contributed by atoms with E-state index in [1.807, 2.05) is 60.2 Å². The van der Waals surface area contributed by atoms with Gasteiger partial charge in [0, 0.05) is 17.8 Å². The van der Waals surface area contributed by atoms with Crippen LogP contribution in [-0.4, -0.2) is 23.0 Å². The van der Waals surface area contributed by atoms with Crippen LogP contribution in [0.5, 0.6) is 0 Å². The van der Waals surface area contributed by atoms with Gasteiger partial charge in [-0.3, -0.25) is 0 Å². The second kappa shape index (κ2) is 6.38. The molecule has 2 heterocycles. The summed E-state index contributed by atoms with van der Waals surface area (Å²) in [5, 5.41) is 0.694. The molecule has 130 valence electrons. The number of hydrogen-bond acceptors (Lipinski definition) is 4. The maximum Gasteiger partial charge on any atom is 0.183 e. The van der Waals surface area contributed by atoms with E-state index in [4.69, 9.17) is 0 Å². The van der Waals surface area contributed by atoms with Gasteiger partial charge in [0.2, 0.25) is 0 Å². The Bertz CT molecular complexity index is 1180. The third-order valence-corrected chi connectivity index (χ3v) is 5.98. The highest BCUT2D eigenvalue weighted by Crippen LogP contribution is 2.28. The monoisotopic (exact) mass is 363 g/mol. The molecule has 0 saturated carbocycles. The van der Waals surface area contributed by atoms with Gasteiger partial charge in [-0.25, -0.2) is 18.4 Å². The maximum absolute atomic E-state index is 13.0. The summed E-state index contributed by atoms with van der Waals surface area (Å²) in [6.07, 6.45) is 3.54. The first-order valence-electron chi connectivity index (χ1n) is 8.21. The van der Waals surface area contributed by atoms with Gasteiger partial charge in [0.15, 0.2) is 9.84 Å². The molecule has 0 aliphatic heterocycles. The van der Waals surface area contributed by atoms with E-state index in [2.05, 4.69) is 9.97 Å². The van der Waals surface area contributed by atoms with Crippen LogP contribution in [0.3, 0.4) is 0 Å². The molecule has 2 aromatic heterocycles. The first-order chi connectivity index (χ1) is 12.5. The third-order valence-electron chi connectivity index (χ3n) is 4.24. The molecule has 0 amide bonds. The molecule has 0 spiro atoms. The minimum absolute atomic E-state index is 0.0231. The maximum atomic E-state index is 13.0. The van der Waals surface area contributed by atoms with Gasteiger partial charge in [-0.05, 0) is 36.8 Å². The van der Waals surface area contributed by atoms with Crippen molar-refractivity contribution in [2.75, 3.05) is 0 Å². The standard InChI is InChI=1S/C20H17N3O2S/c1-15-21-12-10-20(22-15)23-13-11-17-18(23)8-5-9-19(17)26(24,25)14-16-6-3-2-4-7-16/h2-13H,14H2,1H3. The highest BCUT2D eigenvalue weighted by atomic mass is 32.2. The Labute approximate surface area is 151 Å². The van der Waals surface area contributed by atoms with Crippen molar-refractivity contribution >= 4 is 20.7 Å². The summed E-state index contributed by atoms with van der Waals surface area (Å²) in [4.78, 5) is 8.88. The summed E-state index contributed by atoms with van der Waals surface area (Å²) < 4.78 is 27.8. The molecule has 6 heteroatoms. The Balaban J connectivity index is 1.82. The molecular weight excluding hydrogens is 346 g/mol. The average molecular weight is 363 g/mol. The first-order valence-corrected chi connectivity index (χ1v) is 9.87. The number of aryl methyl sites for hydroxylation is 1. The zero-order valence-electron chi connectivity index (χ0n) is 14.2. The number of sulfone groups is 1. The summed E-state index contributed by atoms with van der Waals surface area (Å²) in [7, 11) is -3.46. The van der Waals surface area contributed by atoms with Crippen LogP contribution >= 0.6 is 0 Å². The highest BCUT2D eigenvalue weighted by Gasteiger charge is 2.20. The van der Waals surface area contributed by atoms with Gasteiger partial charge >= 0.3 is 0 Å². The molecule has 5 nitrogen and oxygen atoms in total. The lowest BCUT2D eigenvalue weighted by atomic mass is 10.2. The summed E-state index contributed by atoms with van der Waals surface area (Å²) in [6.45, 7) is 1.82. The molecule has 0 fully saturated rings. The van der Waals surface area contributed by atoms with Crippen LogP contribution in [0, 0.1) is 6.92 Å². The minimum Gasteiger partial charge on any atom is -0.301 e. The molecule has 0 bridgehead atoms. The molecule has 0 aliphatic rings. The van der Waals surface area contributed by atoms with Gasteiger partial charge in [-0.15, -0.1) is 0 Å². The van der Waals surface area contributed by atoms with Gasteiger partial charge in [0.1, 0.15) is 11.6 Å². The first kappa shape index (κ1) is 16.5. The second-order valence-electron chi connectivity index (χ2n) is 6.08. The zero-order valence-corrected chi connectivity index (χ0v) is 15.0. The van der Waals surface area contributed by atoms with Crippen molar-refractivity contribution in [3.63, 3.8) is 0 Å². The average Bonchev–Trinajstić information content (AvgIpc) is 3.06. The summed E-state index contributed by atoms with van der Waals surface area (Å²) in [5.74, 6) is 1.35. The number of aromatic nitrogens is 3. The van der Waals surface area contributed by atoms with Gasteiger partial charge in [-0.2, -0.15) is 0 Å². The van der Waals surface area contributed by atoms with E-state index < -0.39 is 9.84 Å². The van der Waals surface area contributed by atoms with Crippen LogP contribution in [0.15, 0.2) is 78.0 Å². The lowest BCUT2D eigenvalue weighted by molar-refractivity contribution is 0.596. The van der Waals surface area contributed by atoms with Crippen molar-refractivity contribution in [3.8, 4) is 5.82 Å². The second-order valence-corrected chi connectivity index (χ2v) is 8.04. The molecular formula is C20H17N3O2S. The lowest BCUT2D eigenvalue weighted by Crippen LogP contribution is -2.05. The van der Waals surface area contributed by atoms with Crippen LogP contribution in [0.25, 0.3) is 16.7 Å². The van der Waals surface area contributed by atoms with E-state index >= 15 is 0 Å². The molecule has 2 aromatic carbocycles. The fourth-order valence-electron chi connectivity index (χ4n) is 3.06. The summed E-state index contributed by atoms with van der Waals surface area (Å²) in [6, 6.07) is 18.2. The van der Waals surface area contributed by atoms with E-state index in [9.17, 15) is 8.42 Å². The van der Waals surface area contributed by atoms with Crippen molar-refractivity contribution in [2.45, 2.75) is 17.6 Å². The fraction of sp³-hybridized carbons (Fsp3) is 0.100. The van der Waals surface area contributed by atoms with Crippen LogP contribution in [0.1, 0.15) is 11.4 Å². The number of benzene rings is 2. The minimum atomic E-state index is -3.46. The van der Waals surface area contributed by atoms with Crippen molar-refractivity contribution in [3.05, 3.63) is 84.4 Å². The number of rotatable bonds is 4. The predicted molar refractivity (Wildman–Crippen MR) is 101 cm³/mol. The van der Waals surface area contributed by atoms with Gasteiger partial charge in [0.25, 0.3) is 0 Å². The Morgan fingerprint density at radius 1 is 0.962 bits per heavy atom. The zero-order chi connectivity index (χ0) is 18.1. The molecule has 4 aromatic rings. The Hall–Kier alpha value is -2.99. The number of hydrogen-bond donors (Lipinski definition) is 0. The van der Waals surface area contributed by atoms with Crippen molar-refractivity contribution in [1.29, 1.82) is 0 Å². The SMILES string of the molecule is Cc1nccc(-n2ccc3c(S(=O)(=O)Cc4ccccc4)cccc32)n1. The molecule has 0 unspecified atom stereocenters. The van der Waals surface area contributed by atoms with Crippen molar-refractivity contribution in [1.82, 2.24) is 14.5 Å². The quantitative estimate of drug-likeness (QED) is 0.554. The van der Waals surface area contributed by atoms with E-state index in [-0.39, 0.29) is 5.75 Å². The predicted octanol–water partition coefficient (Wildman–Crippen LogP) is 3.70. The van der Waals surface area contributed by atoms with Crippen molar-refractivity contribution in [2.24, 2.45) is 0 Å². The normalized spacial score (nSPS) is 11.7. The summed E-state index contributed by atoms with van der Waals surface area (Å²) in [5.41, 5.74) is 1.58. The van der Waals surface area contributed by atoms with Crippen molar-refractivity contribution < 1.29 is 8.42 Å². The molecule has 0 saturated heterocycles. The third kappa shape index (κ3) is 2.99. The smallest absolute Gasteiger partial charge is 0.183 e. The van der Waals surface area contributed by atoms with Gasteiger partial charge in [-0.1, -0.05) is 36.4 Å². The van der Waals surface area contributed by atoms with Gasteiger partial charge < -0.3 is 4.57 Å². The van der Waals surface area contributed by atoms with Crippen LogP contribution < -0.4 is 0 Å². The van der Waals surface area contributed by atoms with E-state index in [1.54, 1.807) is 24.4 Å². The molecule has 4 rings (SSSR count). The largest absolute Gasteiger partial charge is 0.301 e. The topological polar surface area (TPSA) is 64.8 Å². The lowest BCUT2D eigenvalue weighted by Gasteiger charge is -2.08. The summed E-state index contributed by atoms with van der Waals surface area (Å²) >= 11 is 0. The molecule has 0 radical (unpaired) electrons. The van der Waals surface area contributed by atoms with Crippen LogP contribution in [0.2, 0.25) is 0 Å². The Kier molecular flexibility index (Phi) is 4.05. The Morgan fingerprint density at radius 3 is 2.54 bits per heavy atom. The van der Waals surface area contributed by atoms with E-state index in [1.165, 1.54) is 0 Å². The molecule has 0 atom stereocenters. The molecule has 0 aliphatic carbocycles. The van der Waals surface area contributed by atoms with E-state index in [0.717, 1.165) is 11.1 Å². The number of fused-ring (bicyclic) bond motifs is 1. The number of nitrogens with zero attached hydrogens (tertiary/aromatic N) is 3. The molecule has 26 heavy (non-hydrogen) atoms. The Morgan fingerprint density at radius 2 is 1.77 bits per heavy atom. The van der Waals surface area contributed by atoms with Crippen LogP contribution in [0.4, 0.5) is 0 Å². The van der Waals surface area contributed by atoms with Crippen LogP contribution in [-0.2, 0) is 15.6 Å². The highest BCUT2D eigenvalue weighted by molar-refractivity contribution is 7.90. The molecule has 0 N–H and O–H groups in total. The van der Waals surface area contributed by atoms with Gasteiger partial charge in [0.05, 0.1) is 16.2 Å². The fourth-order valence-corrected chi connectivity index (χ4v) is 4.64.